The molecule has 0 saturated carbocycles. The van der Waals surface area contributed by atoms with Gasteiger partial charge in [-0.2, -0.15) is 0 Å². The van der Waals surface area contributed by atoms with Gasteiger partial charge in [-0.05, 0) is 12.8 Å². The van der Waals surface area contributed by atoms with Crippen LogP contribution < -0.4 is 0 Å². The van der Waals surface area contributed by atoms with Crippen molar-refractivity contribution < 1.29 is 9.53 Å². The van der Waals surface area contributed by atoms with Crippen LogP contribution in [0.15, 0.2) is 0 Å². The molecule has 0 aromatic heterocycles. The maximum atomic E-state index is 10.1. The van der Waals surface area contributed by atoms with E-state index in [1.165, 1.54) is 6.47 Å². The van der Waals surface area contributed by atoms with Crippen molar-refractivity contribution in [2.75, 3.05) is 0 Å². The zero-order chi connectivity index (χ0) is 9.61. The lowest BCUT2D eigenvalue weighted by atomic mass is 9.81. The van der Waals surface area contributed by atoms with Crippen molar-refractivity contribution in [2.45, 2.75) is 53.1 Å². The number of carbonyl (C=O) groups excluding carboxylic acids is 1. The minimum Gasteiger partial charge on any atom is -0.453 e. The maximum Gasteiger partial charge on any atom is 0.417 e. The van der Waals surface area contributed by atoms with Crippen molar-refractivity contribution in [3.05, 3.63) is 0 Å². The summed E-state index contributed by atoms with van der Waals surface area (Å²) in [6, 6.07) is 0. The molecule has 0 fully saturated rings. The van der Waals surface area contributed by atoms with E-state index in [1.807, 2.05) is 6.92 Å². The van der Waals surface area contributed by atoms with Gasteiger partial charge in [0, 0.05) is 5.41 Å². The van der Waals surface area contributed by atoms with Gasteiger partial charge in [0.2, 0.25) is 0 Å². The summed E-state index contributed by atoms with van der Waals surface area (Å²) in [6.45, 7) is 9.95. The fourth-order valence-corrected chi connectivity index (χ4v) is 1.66. The molecule has 0 heterocycles. The summed E-state index contributed by atoms with van der Waals surface area (Å²) in [7, 11) is 0. The predicted octanol–water partition coefficient (Wildman–Crippen LogP) is 2.68. The predicted molar refractivity (Wildman–Crippen MR) is 49.5 cm³/mol. The average Bonchev–Trinajstić information content (AvgIpc) is 1.99. The molecule has 0 rings (SSSR count). The minimum absolute atomic E-state index is 0.00921. The topological polar surface area (TPSA) is 26.3 Å². The van der Waals surface area contributed by atoms with Gasteiger partial charge >= 0.3 is 6.47 Å². The fourth-order valence-electron chi connectivity index (χ4n) is 1.66. The highest BCUT2D eigenvalue weighted by atomic mass is 16.5. The van der Waals surface area contributed by atoms with Gasteiger partial charge in [-0.25, -0.2) is 4.79 Å². The third-order valence-electron chi connectivity index (χ3n) is 2.33. The van der Waals surface area contributed by atoms with E-state index in [9.17, 15) is 4.79 Å². The first-order valence-electron chi connectivity index (χ1n) is 4.61. The van der Waals surface area contributed by atoms with Crippen LogP contribution in [0, 0.1) is 5.41 Å². The zero-order valence-corrected chi connectivity index (χ0v) is 8.52. The van der Waals surface area contributed by atoms with Crippen LogP contribution >= 0.6 is 0 Å². The third-order valence-corrected chi connectivity index (χ3v) is 2.33. The molecule has 0 amide bonds. The van der Waals surface area contributed by atoms with Gasteiger partial charge in [0.1, 0.15) is 6.10 Å². The number of rotatable bonds is 6. The van der Waals surface area contributed by atoms with E-state index in [2.05, 4.69) is 20.8 Å². The molecule has 71 valence electrons. The van der Waals surface area contributed by atoms with E-state index >= 15 is 0 Å². The molecule has 0 saturated heterocycles. The molecule has 2 heteroatoms. The Kier molecular flexibility index (Phi) is 4.95. The lowest BCUT2D eigenvalue weighted by Gasteiger charge is -2.31. The summed E-state index contributed by atoms with van der Waals surface area (Å²) in [5.41, 5.74) is 0.0842. The summed E-state index contributed by atoms with van der Waals surface area (Å²) in [5, 5.41) is 0. The molecule has 0 N–H and O–H groups in total. The van der Waals surface area contributed by atoms with Gasteiger partial charge in [-0.3, -0.25) is 0 Å². The Morgan fingerprint density at radius 3 is 2.33 bits per heavy atom. The van der Waals surface area contributed by atoms with Gasteiger partial charge in [0.05, 0.1) is 0 Å². The molecule has 0 aliphatic rings. The van der Waals surface area contributed by atoms with Crippen LogP contribution in [-0.4, -0.2) is 12.6 Å². The molecule has 1 atom stereocenters. The van der Waals surface area contributed by atoms with Gasteiger partial charge in [-0.1, -0.05) is 34.1 Å². The maximum absolute atomic E-state index is 10.1. The summed E-state index contributed by atoms with van der Waals surface area (Å²) in [5.74, 6) is 0. The fraction of sp³-hybridized carbons (Fsp3) is 0.900. The first-order chi connectivity index (χ1) is 5.58. The molecule has 1 radical (unpaired) electrons. The first kappa shape index (κ1) is 11.5. The van der Waals surface area contributed by atoms with Gasteiger partial charge in [0.25, 0.3) is 0 Å². The lowest BCUT2D eigenvalue weighted by Crippen LogP contribution is -2.31. The molecule has 0 aromatic carbocycles. The summed E-state index contributed by atoms with van der Waals surface area (Å²) in [4.78, 5) is 10.1. The molecule has 0 bridgehead atoms. The molecule has 0 aromatic rings. The van der Waals surface area contributed by atoms with E-state index in [0.29, 0.717) is 0 Å². The minimum atomic E-state index is 0.00921. The Labute approximate surface area is 75.3 Å². The largest absolute Gasteiger partial charge is 0.453 e. The number of hydrogen-bond donors (Lipinski definition) is 0. The second-order valence-electron chi connectivity index (χ2n) is 3.84. The van der Waals surface area contributed by atoms with Crippen LogP contribution in [0.4, 0.5) is 0 Å². The summed E-state index contributed by atoms with van der Waals surface area (Å²) >= 11 is 0. The molecule has 2 nitrogen and oxygen atoms in total. The Bertz CT molecular complexity index is 130. The zero-order valence-electron chi connectivity index (χ0n) is 8.52. The van der Waals surface area contributed by atoms with Crippen molar-refractivity contribution in [2.24, 2.45) is 5.41 Å². The van der Waals surface area contributed by atoms with Gasteiger partial charge in [-0.15, -0.1) is 0 Å². The smallest absolute Gasteiger partial charge is 0.417 e. The van der Waals surface area contributed by atoms with Gasteiger partial charge < -0.3 is 4.74 Å². The van der Waals surface area contributed by atoms with E-state index in [0.717, 1.165) is 19.3 Å². The van der Waals surface area contributed by atoms with Crippen molar-refractivity contribution in [1.29, 1.82) is 0 Å². The standard InChI is InChI=1S/C10H19O2/c1-5-7-10(3,4)9(6-2)12-8-11/h9H,5-7H2,1-4H3. The van der Waals surface area contributed by atoms with Crippen LogP contribution in [0.25, 0.3) is 0 Å². The Hall–Kier alpha value is -0.530. The van der Waals surface area contributed by atoms with Crippen molar-refractivity contribution in [3.63, 3.8) is 0 Å². The molecular weight excluding hydrogens is 152 g/mol. The Morgan fingerprint density at radius 2 is 2.00 bits per heavy atom. The van der Waals surface area contributed by atoms with E-state index < -0.39 is 0 Å². The van der Waals surface area contributed by atoms with E-state index in [4.69, 9.17) is 4.74 Å². The van der Waals surface area contributed by atoms with Crippen LogP contribution in [0.1, 0.15) is 47.0 Å². The highest BCUT2D eigenvalue weighted by Crippen LogP contribution is 2.30. The highest BCUT2D eigenvalue weighted by Gasteiger charge is 2.28. The Morgan fingerprint density at radius 1 is 1.42 bits per heavy atom. The number of ether oxygens (including phenoxy) is 1. The second-order valence-corrected chi connectivity index (χ2v) is 3.84. The van der Waals surface area contributed by atoms with E-state index in [-0.39, 0.29) is 11.5 Å². The first-order valence-corrected chi connectivity index (χ1v) is 4.61. The van der Waals surface area contributed by atoms with Crippen molar-refractivity contribution in [1.82, 2.24) is 0 Å². The van der Waals surface area contributed by atoms with Crippen LogP contribution in [-0.2, 0) is 9.53 Å². The van der Waals surface area contributed by atoms with Crippen LogP contribution in [0.3, 0.4) is 0 Å². The average molecular weight is 171 g/mol. The highest BCUT2D eigenvalue weighted by molar-refractivity contribution is 5.38. The summed E-state index contributed by atoms with van der Waals surface area (Å²) < 4.78 is 4.90. The lowest BCUT2D eigenvalue weighted by molar-refractivity contribution is 0.0488. The SMILES string of the molecule is CCCC(C)(C)C(CC)O[C]=O. The molecule has 0 aliphatic carbocycles. The van der Waals surface area contributed by atoms with E-state index in [1.54, 1.807) is 0 Å². The third kappa shape index (κ3) is 3.24. The molecular formula is C10H19O2. The number of hydrogen-bond acceptors (Lipinski definition) is 2. The van der Waals surface area contributed by atoms with Crippen LogP contribution in [0.5, 0.6) is 0 Å². The Balaban J connectivity index is 4.14. The molecule has 1 unspecified atom stereocenters. The molecule has 0 aliphatic heterocycles. The van der Waals surface area contributed by atoms with Crippen molar-refractivity contribution in [3.8, 4) is 0 Å². The van der Waals surface area contributed by atoms with Crippen LogP contribution in [0.2, 0.25) is 0 Å². The molecule has 0 spiro atoms. The normalized spacial score (nSPS) is 14.0. The summed E-state index contributed by atoms with van der Waals surface area (Å²) in [6.07, 6.45) is 3.07. The second kappa shape index (κ2) is 5.18. The monoisotopic (exact) mass is 171 g/mol. The van der Waals surface area contributed by atoms with Crippen molar-refractivity contribution >= 4 is 6.47 Å². The molecule has 12 heavy (non-hydrogen) atoms. The van der Waals surface area contributed by atoms with Gasteiger partial charge in [0.15, 0.2) is 0 Å². The quantitative estimate of drug-likeness (QED) is 0.614.